The van der Waals surface area contributed by atoms with Crippen LogP contribution >= 0.6 is 0 Å². The van der Waals surface area contributed by atoms with E-state index in [1.807, 2.05) is 0 Å². The zero-order valence-corrected chi connectivity index (χ0v) is 17.7. The molecule has 0 radical (unpaired) electrons. The van der Waals surface area contributed by atoms with Gasteiger partial charge in [0.1, 0.15) is 23.0 Å². The smallest absolute Gasteiger partial charge is 0.270 e. The Bertz CT molecular complexity index is 1170. The lowest BCUT2D eigenvalue weighted by atomic mass is 10.1. The van der Waals surface area contributed by atoms with Crippen molar-refractivity contribution >= 4 is 28.4 Å². The van der Waals surface area contributed by atoms with Crippen molar-refractivity contribution in [2.24, 2.45) is 7.05 Å². The molecule has 0 aliphatic carbocycles. The van der Waals surface area contributed by atoms with Crippen molar-refractivity contribution in [2.75, 3.05) is 25.7 Å². The van der Waals surface area contributed by atoms with E-state index in [0.717, 1.165) is 5.56 Å². The predicted octanol–water partition coefficient (Wildman–Crippen LogP) is 3.39. The maximum Gasteiger partial charge on any atom is 0.270 e. The molecule has 1 saturated heterocycles. The van der Waals surface area contributed by atoms with Gasteiger partial charge in [-0.3, -0.25) is 9.59 Å². The SMILES string of the molecule is COc1ccc(OC)c(CNC(=O)c2c(N3CCCC3=O)c3cc(F)ccc3n2C)c1. The van der Waals surface area contributed by atoms with Crippen LogP contribution in [0.5, 0.6) is 11.5 Å². The second-order valence-corrected chi connectivity index (χ2v) is 7.43. The van der Waals surface area contributed by atoms with Crippen LogP contribution in [-0.2, 0) is 18.4 Å². The average Bonchev–Trinajstić information content (AvgIpc) is 3.31. The van der Waals surface area contributed by atoms with Crippen molar-refractivity contribution in [2.45, 2.75) is 19.4 Å². The van der Waals surface area contributed by atoms with Crippen LogP contribution in [-0.4, -0.2) is 37.1 Å². The van der Waals surface area contributed by atoms with Crippen molar-refractivity contribution in [1.82, 2.24) is 9.88 Å². The Morgan fingerprint density at radius 2 is 1.97 bits per heavy atom. The van der Waals surface area contributed by atoms with E-state index in [1.165, 1.54) is 12.1 Å². The van der Waals surface area contributed by atoms with Gasteiger partial charge in [-0.1, -0.05) is 0 Å². The Morgan fingerprint density at radius 1 is 1.16 bits per heavy atom. The molecule has 7 nitrogen and oxygen atoms in total. The summed E-state index contributed by atoms with van der Waals surface area (Å²) in [5, 5.41) is 3.45. The van der Waals surface area contributed by atoms with Crippen LogP contribution in [0.15, 0.2) is 36.4 Å². The van der Waals surface area contributed by atoms with Crippen LogP contribution in [0.2, 0.25) is 0 Å². The first-order chi connectivity index (χ1) is 14.9. The number of rotatable bonds is 6. The molecule has 162 valence electrons. The number of halogens is 1. The zero-order chi connectivity index (χ0) is 22.1. The molecule has 2 amide bonds. The summed E-state index contributed by atoms with van der Waals surface area (Å²) in [5.74, 6) is 0.418. The molecule has 0 saturated carbocycles. The Kier molecular flexibility index (Phi) is 5.54. The number of anilines is 1. The third kappa shape index (κ3) is 3.69. The molecule has 1 N–H and O–H groups in total. The van der Waals surface area contributed by atoms with E-state index in [1.54, 1.807) is 55.0 Å². The van der Waals surface area contributed by atoms with Gasteiger partial charge in [-0.05, 0) is 42.8 Å². The molecule has 0 atom stereocenters. The first kappa shape index (κ1) is 20.7. The lowest BCUT2D eigenvalue weighted by Crippen LogP contribution is -2.30. The van der Waals surface area contributed by atoms with Gasteiger partial charge in [0.15, 0.2) is 0 Å². The Balaban J connectivity index is 1.73. The molecule has 0 unspecified atom stereocenters. The third-order valence-electron chi connectivity index (χ3n) is 5.62. The number of carbonyl (C=O) groups is 2. The van der Waals surface area contributed by atoms with Gasteiger partial charge in [0, 0.05) is 37.5 Å². The molecule has 1 aromatic heterocycles. The molecule has 0 bridgehead atoms. The van der Waals surface area contributed by atoms with Crippen LogP contribution in [0.1, 0.15) is 28.9 Å². The number of aryl methyl sites for hydroxylation is 1. The number of amides is 2. The van der Waals surface area contributed by atoms with Crippen LogP contribution in [0.4, 0.5) is 10.1 Å². The number of nitrogens with zero attached hydrogens (tertiary/aromatic N) is 2. The maximum absolute atomic E-state index is 14.0. The fourth-order valence-electron chi connectivity index (χ4n) is 4.09. The number of fused-ring (bicyclic) bond motifs is 1. The average molecular weight is 425 g/mol. The van der Waals surface area contributed by atoms with Gasteiger partial charge < -0.3 is 24.3 Å². The summed E-state index contributed by atoms with van der Waals surface area (Å²) in [7, 11) is 4.87. The molecular formula is C23H24FN3O4. The molecule has 2 aromatic carbocycles. The molecule has 0 spiro atoms. The third-order valence-corrected chi connectivity index (χ3v) is 5.62. The summed E-state index contributed by atoms with van der Waals surface area (Å²) < 4.78 is 26.4. The fourth-order valence-corrected chi connectivity index (χ4v) is 4.09. The molecule has 4 rings (SSSR count). The number of ether oxygens (including phenoxy) is 2. The minimum absolute atomic E-state index is 0.0692. The summed E-state index contributed by atoms with van der Waals surface area (Å²) in [6, 6.07) is 9.68. The number of nitrogens with one attached hydrogen (secondary N) is 1. The van der Waals surface area contributed by atoms with Gasteiger partial charge in [-0.15, -0.1) is 0 Å². The van der Waals surface area contributed by atoms with Gasteiger partial charge >= 0.3 is 0 Å². The van der Waals surface area contributed by atoms with E-state index < -0.39 is 5.82 Å². The minimum atomic E-state index is -0.418. The highest BCUT2D eigenvalue weighted by Gasteiger charge is 2.31. The van der Waals surface area contributed by atoms with Gasteiger partial charge in [0.05, 0.1) is 25.4 Å². The van der Waals surface area contributed by atoms with Gasteiger partial charge in [-0.2, -0.15) is 0 Å². The van der Waals surface area contributed by atoms with E-state index in [-0.39, 0.29) is 18.4 Å². The molecule has 3 aromatic rings. The standard InChI is InChI=1S/C23H24FN3O4/c1-26-18-8-6-15(24)12-17(18)21(27-10-4-5-20(27)28)22(26)23(29)25-13-14-11-16(30-2)7-9-19(14)31-3/h6-9,11-12H,4-5,10,13H2,1-3H3,(H,25,29). The van der Waals surface area contributed by atoms with Gasteiger partial charge in [0.2, 0.25) is 5.91 Å². The summed E-state index contributed by atoms with van der Waals surface area (Å²) in [4.78, 5) is 27.4. The Hall–Kier alpha value is -3.55. The van der Waals surface area contributed by atoms with Crippen molar-refractivity contribution in [3.63, 3.8) is 0 Å². The highest BCUT2D eigenvalue weighted by Crippen LogP contribution is 2.36. The van der Waals surface area contributed by atoms with Crippen LogP contribution in [0.25, 0.3) is 10.9 Å². The molecule has 1 fully saturated rings. The van der Waals surface area contributed by atoms with Crippen molar-refractivity contribution in [3.8, 4) is 11.5 Å². The molecule has 2 heterocycles. The topological polar surface area (TPSA) is 72.8 Å². The van der Waals surface area contributed by atoms with Crippen molar-refractivity contribution < 1.29 is 23.5 Å². The second kappa shape index (κ2) is 8.29. The fraction of sp³-hybridized carbons (Fsp3) is 0.304. The summed E-state index contributed by atoms with van der Waals surface area (Å²) in [6.45, 7) is 0.695. The normalized spacial score (nSPS) is 13.7. The molecule has 8 heteroatoms. The van der Waals surface area contributed by atoms with Gasteiger partial charge in [0.25, 0.3) is 5.91 Å². The lowest BCUT2D eigenvalue weighted by molar-refractivity contribution is -0.117. The van der Waals surface area contributed by atoms with E-state index in [9.17, 15) is 14.0 Å². The minimum Gasteiger partial charge on any atom is -0.497 e. The summed E-state index contributed by atoms with van der Waals surface area (Å²) in [6.07, 6.45) is 1.11. The van der Waals surface area contributed by atoms with Crippen LogP contribution in [0, 0.1) is 5.82 Å². The number of hydrogen-bond donors (Lipinski definition) is 1. The number of carbonyl (C=O) groups excluding carboxylic acids is 2. The number of hydrogen-bond acceptors (Lipinski definition) is 4. The first-order valence-corrected chi connectivity index (χ1v) is 10.0. The van der Waals surface area contributed by atoms with Crippen molar-refractivity contribution in [3.05, 3.63) is 53.5 Å². The summed E-state index contributed by atoms with van der Waals surface area (Å²) in [5.41, 5.74) is 2.20. The zero-order valence-electron chi connectivity index (χ0n) is 17.7. The molecule has 31 heavy (non-hydrogen) atoms. The quantitative estimate of drug-likeness (QED) is 0.657. The van der Waals surface area contributed by atoms with Gasteiger partial charge in [-0.25, -0.2) is 4.39 Å². The van der Waals surface area contributed by atoms with Crippen molar-refractivity contribution in [1.29, 1.82) is 0 Å². The second-order valence-electron chi connectivity index (χ2n) is 7.43. The largest absolute Gasteiger partial charge is 0.497 e. The monoisotopic (exact) mass is 425 g/mol. The molecule has 1 aliphatic rings. The maximum atomic E-state index is 14.0. The Morgan fingerprint density at radius 3 is 2.65 bits per heavy atom. The van der Waals surface area contributed by atoms with Crippen LogP contribution < -0.4 is 19.7 Å². The number of methoxy groups -OCH3 is 2. The summed E-state index contributed by atoms with van der Waals surface area (Å²) >= 11 is 0. The highest BCUT2D eigenvalue weighted by molar-refractivity contribution is 6.14. The first-order valence-electron chi connectivity index (χ1n) is 10.0. The highest BCUT2D eigenvalue weighted by atomic mass is 19.1. The van der Waals surface area contributed by atoms with E-state index in [0.29, 0.717) is 53.2 Å². The van der Waals surface area contributed by atoms with E-state index in [4.69, 9.17) is 9.47 Å². The van der Waals surface area contributed by atoms with E-state index >= 15 is 0 Å². The molecule has 1 aliphatic heterocycles. The predicted molar refractivity (Wildman–Crippen MR) is 115 cm³/mol. The van der Waals surface area contributed by atoms with E-state index in [2.05, 4.69) is 5.32 Å². The lowest BCUT2D eigenvalue weighted by Gasteiger charge is -2.18. The molecular weight excluding hydrogens is 401 g/mol. The number of benzene rings is 2. The Labute approximate surface area is 179 Å². The number of aromatic nitrogens is 1. The van der Waals surface area contributed by atoms with Crippen LogP contribution in [0.3, 0.4) is 0 Å².